The lowest BCUT2D eigenvalue weighted by molar-refractivity contribution is -0.154. The van der Waals surface area contributed by atoms with Gasteiger partial charge in [0.1, 0.15) is 5.82 Å². The van der Waals surface area contributed by atoms with Crippen LogP contribution in [0, 0.1) is 22.6 Å². The van der Waals surface area contributed by atoms with Crippen LogP contribution in [-0.4, -0.2) is 23.2 Å². The van der Waals surface area contributed by atoms with Gasteiger partial charge >= 0.3 is 5.97 Å². The van der Waals surface area contributed by atoms with E-state index in [1.54, 1.807) is 49.4 Å². The average molecular weight is 396 g/mol. The summed E-state index contributed by atoms with van der Waals surface area (Å²) in [7, 11) is 0. The van der Waals surface area contributed by atoms with E-state index in [0.29, 0.717) is 29.8 Å². The van der Waals surface area contributed by atoms with Crippen LogP contribution in [0.1, 0.15) is 39.2 Å². The van der Waals surface area contributed by atoms with Crippen LogP contribution in [0.4, 0.5) is 15.8 Å². The molecule has 0 aliphatic heterocycles. The molecule has 0 spiro atoms. The summed E-state index contributed by atoms with van der Waals surface area (Å²) in [5, 5.41) is 12.6. The van der Waals surface area contributed by atoms with Crippen LogP contribution in [0.15, 0.2) is 53.5 Å². The Morgan fingerprint density at radius 1 is 1.14 bits per heavy atom. The smallest absolute Gasteiger partial charge is 0.309 e. The lowest BCUT2D eigenvalue weighted by Gasteiger charge is -2.37. The zero-order chi connectivity index (χ0) is 21.2. The maximum absolute atomic E-state index is 13.8. The molecule has 3 rings (SSSR count). The van der Waals surface area contributed by atoms with Crippen LogP contribution in [0.5, 0.6) is 0 Å². The van der Waals surface area contributed by atoms with Crippen molar-refractivity contribution in [1.82, 2.24) is 0 Å². The van der Waals surface area contributed by atoms with Crippen molar-refractivity contribution >= 4 is 29.5 Å². The number of hydrogen-bond donors (Lipinski definition) is 2. The van der Waals surface area contributed by atoms with Crippen LogP contribution < -0.4 is 5.32 Å². The number of rotatable bonds is 5. The highest BCUT2D eigenvalue weighted by Crippen LogP contribution is 2.56. The Morgan fingerprint density at radius 3 is 2.45 bits per heavy atom. The Balaban J connectivity index is 1.82. The fourth-order valence-corrected chi connectivity index (χ4v) is 3.97. The van der Waals surface area contributed by atoms with Crippen LogP contribution in [0.2, 0.25) is 0 Å². The van der Waals surface area contributed by atoms with Crippen LogP contribution in [0.25, 0.3) is 0 Å². The summed E-state index contributed by atoms with van der Waals surface area (Å²) in [5.74, 6) is -1.92. The van der Waals surface area contributed by atoms with E-state index in [1.165, 1.54) is 12.3 Å². The van der Waals surface area contributed by atoms with Crippen molar-refractivity contribution in [3.05, 3.63) is 59.9 Å². The normalized spacial score (nSPS) is 23.2. The van der Waals surface area contributed by atoms with Gasteiger partial charge in [-0.15, -0.1) is 0 Å². The summed E-state index contributed by atoms with van der Waals surface area (Å²) in [4.78, 5) is 29.1. The quantitative estimate of drug-likeness (QED) is 0.695. The zero-order valence-corrected chi connectivity index (χ0v) is 16.8. The first-order valence-corrected chi connectivity index (χ1v) is 9.59. The standard InChI is InChI=1S/C23H25FN2O3/c1-22(2)16(12-13-23(22,3)21(28)29)20(27)26-19-11-7-6-10-18(19)25-14-15-8-4-5-9-17(15)24/h4-11,14,16H,12-13H2,1-3H3,(H,26,27)(H,28,29). The van der Waals surface area contributed by atoms with E-state index in [-0.39, 0.29) is 11.7 Å². The Kier molecular flexibility index (Phi) is 5.55. The lowest BCUT2D eigenvalue weighted by atomic mass is 9.65. The molecule has 1 aliphatic rings. The highest BCUT2D eigenvalue weighted by molar-refractivity contribution is 5.97. The van der Waals surface area contributed by atoms with Gasteiger partial charge in [-0.2, -0.15) is 0 Å². The fraction of sp³-hybridized carbons (Fsp3) is 0.348. The third kappa shape index (κ3) is 3.79. The van der Waals surface area contributed by atoms with Crippen molar-refractivity contribution in [2.45, 2.75) is 33.6 Å². The number of aliphatic imine (C=N–C) groups is 1. The number of carboxylic acids is 1. The van der Waals surface area contributed by atoms with Crippen LogP contribution in [0.3, 0.4) is 0 Å². The number of halogens is 1. The summed E-state index contributed by atoms with van der Waals surface area (Å²) in [6.45, 7) is 5.37. The van der Waals surface area contributed by atoms with Gasteiger partial charge < -0.3 is 10.4 Å². The van der Waals surface area contributed by atoms with Crippen LogP contribution in [-0.2, 0) is 9.59 Å². The minimum Gasteiger partial charge on any atom is -0.481 e. The third-order valence-electron chi connectivity index (χ3n) is 6.42. The number of amides is 1. The molecule has 0 radical (unpaired) electrons. The first-order valence-electron chi connectivity index (χ1n) is 9.59. The van der Waals surface area contributed by atoms with Gasteiger partial charge in [-0.1, -0.05) is 44.2 Å². The fourth-order valence-electron chi connectivity index (χ4n) is 3.97. The molecule has 1 fully saturated rings. The molecule has 1 aliphatic carbocycles. The van der Waals surface area contributed by atoms with E-state index in [0.717, 1.165) is 0 Å². The largest absolute Gasteiger partial charge is 0.481 e. The summed E-state index contributed by atoms with van der Waals surface area (Å²) >= 11 is 0. The zero-order valence-electron chi connectivity index (χ0n) is 16.8. The highest BCUT2D eigenvalue weighted by Gasteiger charge is 2.58. The summed E-state index contributed by atoms with van der Waals surface area (Å²) in [6, 6.07) is 13.3. The second-order valence-electron chi connectivity index (χ2n) is 8.24. The topological polar surface area (TPSA) is 78.8 Å². The van der Waals surface area contributed by atoms with E-state index in [1.807, 2.05) is 13.8 Å². The van der Waals surface area contributed by atoms with E-state index < -0.39 is 22.7 Å². The molecule has 0 aromatic heterocycles. The minimum atomic E-state index is -0.961. The Labute approximate surface area is 169 Å². The molecule has 0 bridgehead atoms. The molecule has 2 aromatic carbocycles. The van der Waals surface area contributed by atoms with Crippen molar-refractivity contribution in [1.29, 1.82) is 0 Å². The second kappa shape index (κ2) is 7.78. The summed E-state index contributed by atoms with van der Waals surface area (Å²) in [6.07, 6.45) is 2.37. The molecule has 1 amide bonds. The molecular weight excluding hydrogens is 371 g/mol. The first kappa shape index (κ1) is 20.7. The van der Waals surface area contributed by atoms with Crippen molar-refractivity contribution in [3.8, 4) is 0 Å². The monoisotopic (exact) mass is 396 g/mol. The summed E-state index contributed by atoms with van der Waals surface area (Å²) < 4.78 is 13.8. The third-order valence-corrected chi connectivity index (χ3v) is 6.42. The van der Waals surface area contributed by atoms with Gasteiger partial charge in [-0.05, 0) is 43.4 Å². The van der Waals surface area contributed by atoms with Gasteiger partial charge in [0.25, 0.3) is 0 Å². The van der Waals surface area contributed by atoms with Crippen LogP contribution >= 0.6 is 0 Å². The molecule has 2 N–H and O–H groups in total. The van der Waals surface area contributed by atoms with Gasteiger partial charge in [0, 0.05) is 17.7 Å². The van der Waals surface area contributed by atoms with Gasteiger partial charge in [-0.3, -0.25) is 14.6 Å². The van der Waals surface area contributed by atoms with Gasteiger partial charge in [0.15, 0.2) is 0 Å². The molecule has 0 saturated heterocycles. The van der Waals surface area contributed by atoms with E-state index in [2.05, 4.69) is 10.3 Å². The number of carbonyl (C=O) groups is 2. The molecule has 1 saturated carbocycles. The predicted molar refractivity (Wildman–Crippen MR) is 111 cm³/mol. The molecule has 2 aromatic rings. The van der Waals surface area contributed by atoms with Crippen molar-refractivity contribution in [3.63, 3.8) is 0 Å². The SMILES string of the molecule is CC1(C(=O)O)CCC(C(=O)Nc2ccccc2N=Cc2ccccc2F)C1(C)C. The Bertz CT molecular complexity index is 970. The summed E-state index contributed by atoms with van der Waals surface area (Å²) in [5.41, 5.74) is -0.306. The van der Waals surface area contributed by atoms with Gasteiger partial charge in [0.05, 0.1) is 16.8 Å². The molecule has 2 unspecified atom stereocenters. The van der Waals surface area contributed by atoms with E-state index >= 15 is 0 Å². The molecule has 0 heterocycles. The molecule has 6 heteroatoms. The number of nitrogens with one attached hydrogen (secondary N) is 1. The van der Waals surface area contributed by atoms with Gasteiger partial charge in [-0.25, -0.2) is 4.39 Å². The molecule has 29 heavy (non-hydrogen) atoms. The maximum Gasteiger partial charge on any atom is 0.309 e. The molecular formula is C23H25FN2O3. The first-order chi connectivity index (χ1) is 13.7. The second-order valence-corrected chi connectivity index (χ2v) is 8.24. The van der Waals surface area contributed by atoms with E-state index in [4.69, 9.17) is 0 Å². The average Bonchev–Trinajstić information content (AvgIpc) is 2.92. The number of nitrogens with zero attached hydrogens (tertiary/aromatic N) is 1. The van der Waals surface area contributed by atoms with Crippen molar-refractivity contribution in [2.24, 2.45) is 21.7 Å². The minimum absolute atomic E-state index is 0.228. The number of carbonyl (C=O) groups excluding carboxylic acids is 1. The van der Waals surface area contributed by atoms with Crippen molar-refractivity contribution < 1.29 is 19.1 Å². The molecule has 152 valence electrons. The number of aliphatic carboxylic acids is 1. The number of hydrogen-bond acceptors (Lipinski definition) is 3. The Hall–Kier alpha value is -3.02. The van der Waals surface area contributed by atoms with Gasteiger partial charge in [0.2, 0.25) is 5.91 Å². The molecule has 2 atom stereocenters. The molecule has 5 nitrogen and oxygen atoms in total. The number of para-hydroxylation sites is 2. The predicted octanol–water partition coefficient (Wildman–Crippen LogP) is 5.04. The Morgan fingerprint density at radius 2 is 1.79 bits per heavy atom. The maximum atomic E-state index is 13.8. The number of benzene rings is 2. The van der Waals surface area contributed by atoms with E-state index in [9.17, 15) is 19.1 Å². The van der Waals surface area contributed by atoms with Crippen molar-refractivity contribution in [2.75, 3.05) is 5.32 Å². The number of anilines is 1. The lowest BCUT2D eigenvalue weighted by Crippen LogP contribution is -2.43. The highest BCUT2D eigenvalue weighted by atomic mass is 19.1. The number of carboxylic acid groups (broad SMARTS) is 1.